The number of rotatable bonds is 4. The predicted molar refractivity (Wildman–Crippen MR) is 68.5 cm³/mol. The molecular formula is C13H17N3O. The molecule has 0 aliphatic carbocycles. The first-order valence-electron chi connectivity index (χ1n) is 5.81. The average Bonchev–Trinajstić information content (AvgIpc) is 2.80. The van der Waals surface area contributed by atoms with Crippen LogP contribution in [0.1, 0.15) is 19.7 Å². The molecule has 4 nitrogen and oxygen atoms in total. The second kappa shape index (κ2) is 4.91. The van der Waals surface area contributed by atoms with Gasteiger partial charge < -0.3 is 15.0 Å². The minimum Gasteiger partial charge on any atom is -0.492 e. The van der Waals surface area contributed by atoms with Crippen LogP contribution in [0.3, 0.4) is 0 Å². The van der Waals surface area contributed by atoms with E-state index in [9.17, 15) is 0 Å². The van der Waals surface area contributed by atoms with Crippen LogP contribution in [0.5, 0.6) is 5.75 Å². The smallest absolute Gasteiger partial charge is 0.144 e. The summed E-state index contributed by atoms with van der Waals surface area (Å²) in [5, 5.41) is 0. The molecule has 1 aromatic heterocycles. The number of nitrogens with two attached hydrogens (primary N) is 1. The van der Waals surface area contributed by atoms with Gasteiger partial charge in [-0.15, -0.1) is 0 Å². The number of benzene rings is 1. The number of hydrogen-bond donors (Lipinski definition) is 1. The molecule has 1 aromatic carbocycles. The van der Waals surface area contributed by atoms with Gasteiger partial charge in [-0.2, -0.15) is 0 Å². The van der Waals surface area contributed by atoms with E-state index in [1.54, 1.807) is 6.20 Å². The lowest BCUT2D eigenvalue weighted by atomic mass is 10.2. The minimum atomic E-state index is 0.609. The lowest BCUT2D eigenvalue weighted by molar-refractivity contribution is 0.342. The molecule has 0 saturated carbocycles. The highest BCUT2D eigenvalue weighted by Gasteiger charge is 2.06. The Morgan fingerprint density at radius 3 is 2.88 bits per heavy atom. The van der Waals surface area contributed by atoms with E-state index in [1.165, 1.54) is 0 Å². The molecule has 0 spiro atoms. The lowest BCUT2D eigenvalue weighted by Gasteiger charge is -2.11. The molecule has 0 saturated heterocycles. The molecule has 0 aliphatic heterocycles. The van der Waals surface area contributed by atoms with E-state index in [2.05, 4.69) is 11.9 Å². The fourth-order valence-corrected chi connectivity index (χ4v) is 1.78. The largest absolute Gasteiger partial charge is 0.492 e. The van der Waals surface area contributed by atoms with Crippen molar-refractivity contribution in [3.63, 3.8) is 0 Å². The van der Waals surface area contributed by atoms with Crippen molar-refractivity contribution in [3.05, 3.63) is 36.4 Å². The zero-order valence-electron chi connectivity index (χ0n) is 10.2. The van der Waals surface area contributed by atoms with Crippen LogP contribution in [0.2, 0.25) is 0 Å². The van der Waals surface area contributed by atoms with Crippen LogP contribution in [0.25, 0.3) is 5.69 Å². The molecule has 2 aromatic rings. The maximum Gasteiger partial charge on any atom is 0.144 e. The highest BCUT2D eigenvalue weighted by molar-refractivity contribution is 5.57. The Morgan fingerprint density at radius 1 is 1.35 bits per heavy atom. The fourth-order valence-electron chi connectivity index (χ4n) is 1.78. The number of ether oxygens (including phenoxy) is 1. The van der Waals surface area contributed by atoms with Gasteiger partial charge in [0.2, 0.25) is 0 Å². The van der Waals surface area contributed by atoms with Crippen molar-refractivity contribution in [1.29, 1.82) is 0 Å². The van der Waals surface area contributed by atoms with Crippen LogP contribution in [-0.2, 0) is 6.42 Å². The molecule has 2 rings (SSSR count). The molecule has 0 aliphatic rings. The Morgan fingerprint density at radius 2 is 2.18 bits per heavy atom. The maximum absolute atomic E-state index is 5.85. The normalized spacial score (nSPS) is 10.5. The van der Waals surface area contributed by atoms with Gasteiger partial charge in [0.05, 0.1) is 18.0 Å². The summed E-state index contributed by atoms with van der Waals surface area (Å²) in [5.74, 6) is 1.75. The van der Waals surface area contributed by atoms with Gasteiger partial charge in [-0.3, -0.25) is 0 Å². The van der Waals surface area contributed by atoms with Crippen molar-refractivity contribution in [3.8, 4) is 11.4 Å². The predicted octanol–water partition coefficient (Wildman–Crippen LogP) is 2.42. The zero-order valence-corrected chi connectivity index (χ0v) is 10.2. The summed E-state index contributed by atoms with van der Waals surface area (Å²) < 4.78 is 7.53. The molecule has 0 bridgehead atoms. The molecular weight excluding hydrogens is 214 g/mol. The monoisotopic (exact) mass is 231 g/mol. The molecule has 0 unspecified atom stereocenters. The second-order valence-corrected chi connectivity index (χ2v) is 3.72. The number of imidazole rings is 1. The number of aromatic nitrogens is 2. The van der Waals surface area contributed by atoms with Crippen LogP contribution < -0.4 is 10.5 Å². The number of anilines is 1. The number of aryl methyl sites for hydroxylation is 1. The third-order valence-electron chi connectivity index (χ3n) is 2.61. The highest BCUT2D eigenvalue weighted by Crippen LogP contribution is 2.25. The SMILES string of the molecule is CCOc1cc(-n2ccnc2CC)ccc1N. The van der Waals surface area contributed by atoms with Crippen LogP contribution >= 0.6 is 0 Å². The van der Waals surface area contributed by atoms with Gasteiger partial charge in [-0.1, -0.05) is 6.92 Å². The molecule has 0 fully saturated rings. The maximum atomic E-state index is 5.85. The molecule has 0 amide bonds. The molecule has 0 radical (unpaired) electrons. The van der Waals surface area contributed by atoms with E-state index in [0.717, 1.165) is 23.7 Å². The third kappa shape index (κ3) is 2.25. The first-order valence-corrected chi connectivity index (χ1v) is 5.81. The minimum absolute atomic E-state index is 0.609. The number of nitrogens with zero attached hydrogens (tertiary/aromatic N) is 2. The summed E-state index contributed by atoms with van der Waals surface area (Å²) in [6.45, 7) is 4.64. The molecule has 4 heteroatoms. The number of nitrogen functional groups attached to an aromatic ring is 1. The van der Waals surface area contributed by atoms with Gasteiger partial charge in [0, 0.05) is 24.9 Å². The summed E-state index contributed by atoms with van der Waals surface area (Å²) in [4.78, 5) is 4.30. The topological polar surface area (TPSA) is 53.1 Å². The van der Waals surface area contributed by atoms with Crippen molar-refractivity contribution in [2.24, 2.45) is 0 Å². The van der Waals surface area contributed by atoms with Gasteiger partial charge in [0.1, 0.15) is 11.6 Å². The first-order chi connectivity index (χ1) is 8.26. The number of hydrogen-bond acceptors (Lipinski definition) is 3. The quantitative estimate of drug-likeness (QED) is 0.822. The molecule has 1 heterocycles. The second-order valence-electron chi connectivity index (χ2n) is 3.72. The average molecular weight is 231 g/mol. The van der Waals surface area contributed by atoms with Crippen molar-refractivity contribution in [2.45, 2.75) is 20.3 Å². The summed E-state index contributed by atoms with van der Waals surface area (Å²) in [6.07, 6.45) is 4.64. The van der Waals surface area contributed by atoms with Crippen LogP contribution in [0.15, 0.2) is 30.6 Å². The Balaban J connectivity index is 2.42. The van der Waals surface area contributed by atoms with E-state index >= 15 is 0 Å². The molecule has 90 valence electrons. The summed E-state index contributed by atoms with van der Waals surface area (Å²) >= 11 is 0. The van der Waals surface area contributed by atoms with Gasteiger partial charge >= 0.3 is 0 Å². The van der Waals surface area contributed by atoms with E-state index in [-0.39, 0.29) is 0 Å². The molecule has 17 heavy (non-hydrogen) atoms. The summed E-state index contributed by atoms with van der Waals surface area (Å²) in [5.41, 5.74) is 7.54. The van der Waals surface area contributed by atoms with Crippen molar-refractivity contribution in [2.75, 3.05) is 12.3 Å². The standard InChI is InChI=1S/C13H17N3O/c1-3-13-15-7-8-16(13)10-5-6-11(14)12(9-10)17-4-2/h5-9H,3-4,14H2,1-2H3. The van der Waals surface area contributed by atoms with Crippen LogP contribution in [0.4, 0.5) is 5.69 Å². The Hall–Kier alpha value is -1.97. The molecule has 0 atom stereocenters. The summed E-state index contributed by atoms with van der Waals surface area (Å²) in [6, 6.07) is 5.78. The molecule has 2 N–H and O–H groups in total. The highest BCUT2D eigenvalue weighted by atomic mass is 16.5. The van der Waals surface area contributed by atoms with E-state index < -0.39 is 0 Å². The van der Waals surface area contributed by atoms with Crippen molar-refractivity contribution >= 4 is 5.69 Å². The Kier molecular flexibility index (Phi) is 3.32. The Bertz CT molecular complexity index is 505. The van der Waals surface area contributed by atoms with Gasteiger partial charge in [0.15, 0.2) is 0 Å². The van der Waals surface area contributed by atoms with Crippen molar-refractivity contribution in [1.82, 2.24) is 9.55 Å². The first kappa shape index (κ1) is 11.5. The van der Waals surface area contributed by atoms with Crippen LogP contribution in [0, 0.1) is 0 Å². The summed E-state index contributed by atoms with van der Waals surface area (Å²) in [7, 11) is 0. The van der Waals surface area contributed by atoms with E-state index in [1.807, 2.05) is 35.9 Å². The van der Waals surface area contributed by atoms with Crippen molar-refractivity contribution < 1.29 is 4.74 Å². The zero-order chi connectivity index (χ0) is 12.3. The Labute approximate surface area is 101 Å². The van der Waals surface area contributed by atoms with E-state index in [4.69, 9.17) is 10.5 Å². The van der Waals surface area contributed by atoms with Crippen LogP contribution in [-0.4, -0.2) is 16.2 Å². The van der Waals surface area contributed by atoms with E-state index in [0.29, 0.717) is 12.3 Å². The van der Waals surface area contributed by atoms with Gasteiger partial charge in [0.25, 0.3) is 0 Å². The van der Waals surface area contributed by atoms with Gasteiger partial charge in [-0.25, -0.2) is 4.98 Å². The lowest BCUT2D eigenvalue weighted by Crippen LogP contribution is -2.02. The third-order valence-corrected chi connectivity index (χ3v) is 2.61. The van der Waals surface area contributed by atoms with Gasteiger partial charge in [-0.05, 0) is 19.1 Å². The fraction of sp³-hybridized carbons (Fsp3) is 0.308.